The molecular weight excluding hydrogens is 248 g/mol. The van der Waals surface area contributed by atoms with E-state index >= 15 is 0 Å². The lowest BCUT2D eigenvalue weighted by molar-refractivity contribution is 0.122. The summed E-state index contributed by atoms with van der Waals surface area (Å²) in [5, 5.41) is 3.48. The van der Waals surface area contributed by atoms with Crippen molar-refractivity contribution in [1.29, 1.82) is 0 Å². The van der Waals surface area contributed by atoms with Crippen LogP contribution in [0.1, 0.15) is 40.0 Å². The monoisotopic (exact) mass is 274 g/mol. The number of rotatable bonds is 5. The zero-order chi connectivity index (χ0) is 13.6. The van der Waals surface area contributed by atoms with Crippen LogP contribution < -0.4 is 10.0 Å². The highest BCUT2D eigenvalue weighted by atomic mass is 32.2. The van der Waals surface area contributed by atoms with E-state index in [4.69, 9.17) is 0 Å². The molecule has 2 rings (SSSR count). The van der Waals surface area contributed by atoms with Crippen LogP contribution in [0.2, 0.25) is 0 Å². The minimum absolute atomic E-state index is 0.168. The van der Waals surface area contributed by atoms with Crippen molar-refractivity contribution < 1.29 is 8.42 Å². The Morgan fingerprint density at radius 1 is 1.28 bits per heavy atom. The maximum atomic E-state index is 11.4. The normalized spacial score (nSPS) is 38.2. The van der Waals surface area contributed by atoms with Gasteiger partial charge in [-0.15, -0.1) is 0 Å². The summed E-state index contributed by atoms with van der Waals surface area (Å²) in [6, 6.07) is 0.471. The Labute approximate surface area is 111 Å². The molecule has 106 valence electrons. The van der Waals surface area contributed by atoms with Crippen LogP contribution >= 0.6 is 0 Å². The van der Waals surface area contributed by atoms with E-state index in [0.717, 1.165) is 5.92 Å². The van der Waals surface area contributed by atoms with E-state index in [0.29, 0.717) is 23.4 Å². The second kappa shape index (κ2) is 4.46. The summed E-state index contributed by atoms with van der Waals surface area (Å²) in [6.45, 7) is 7.66. The van der Waals surface area contributed by atoms with Gasteiger partial charge in [0.15, 0.2) is 0 Å². The lowest BCUT2D eigenvalue weighted by Crippen LogP contribution is -2.46. The second-order valence-corrected chi connectivity index (χ2v) is 8.69. The van der Waals surface area contributed by atoms with E-state index in [2.05, 4.69) is 30.8 Å². The Hall–Kier alpha value is -0.130. The van der Waals surface area contributed by atoms with Crippen LogP contribution in [-0.2, 0) is 10.0 Å². The van der Waals surface area contributed by atoms with Gasteiger partial charge in [-0.3, -0.25) is 0 Å². The summed E-state index contributed by atoms with van der Waals surface area (Å²) in [5.74, 6) is 0.960. The van der Waals surface area contributed by atoms with Crippen molar-refractivity contribution in [2.24, 2.45) is 16.7 Å². The molecule has 2 bridgehead atoms. The van der Waals surface area contributed by atoms with Gasteiger partial charge in [0.1, 0.15) is 0 Å². The molecule has 2 aliphatic carbocycles. The second-order valence-electron chi connectivity index (χ2n) is 6.64. The zero-order valence-corrected chi connectivity index (χ0v) is 12.7. The molecule has 0 aromatic carbocycles. The van der Waals surface area contributed by atoms with E-state index in [-0.39, 0.29) is 5.75 Å². The molecule has 0 radical (unpaired) electrons. The number of nitrogens with one attached hydrogen (secondary N) is 2. The first-order chi connectivity index (χ1) is 8.23. The van der Waals surface area contributed by atoms with E-state index in [1.165, 1.54) is 26.3 Å². The summed E-state index contributed by atoms with van der Waals surface area (Å²) in [7, 11) is -1.62. The van der Waals surface area contributed by atoms with Crippen LogP contribution in [0.5, 0.6) is 0 Å². The van der Waals surface area contributed by atoms with E-state index in [1.54, 1.807) is 0 Å². The molecule has 2 fully saturated rings. The Kier molecular flexibility index (Phi) is 3.54. The smallest absolute Gasteiger partial charge is 0.212 e. The van der Waals surface area contributed by atoms with Gasteiger partial charge in [-0.25, -0.2) is 13.1 Å². The first-order valence-electron chi connectivity index (χ1n) is 6.87. The van der Waals surface area contributed by atoms with Crippen molar-refractivity contribution in [3.63, 3.8) is 0 Å². The van der Waals surface area contributed by atoms with E-state index < -0.39 is 10.0 Å². The summed E-state index contributed by atoms with van der Waals surface area (Å²) in [4.78, 5) is 0. The molecule has 0 spiro atoms. The third-order valence-corrected chi connectivity index (χ3v) is 7.23. The maximum Gasteiger partial charge on any atom is 0.212 e. The predicted octanol–water partition coefficient (Wildman–Crippen LogP) is 1.34. The van der Waals surface area contributed by atoms with Gasteiger partial charge in [0.05, 0.1) is 5.75 Å². The fraction of sp³-hybridized carbons (Fsp3) is 1.00. The molecule has 0 aliphatic heterocycles. The molecule has 3 atom stereocenters. The fourth-order valence-corrected chi connectivity index (χ4v) is 4.57. The first kappa shape index (κ1) is 14.3. The van der Waals surface area contributed by atoms with Crippen molar-refractivity contribution in [3.8, 4) is 0 Å². The van der Waals surface area contributed by atoms with Crippen molar-refractivity contribution in [3.05, 3.63) is 0 Å². The van der Waals surface area contributed by atoms with Gasteiger partial charge in [0, 0.05) is 12.6 Å². The molecule has 3 unspecified atom stereocenters. The number of hydrogen-bond acceptors (Lipinski definition) is 3. The standard InChI is InChI=1S/C13H26N2O2S/c1-12(2)10-5-6-13(12,3)11(9-10)15-7-8-18(16,17)14-4/h10-11,14-15H,5-9H2,1-4H3. The van der Waals surface area contributed by atoms with Crippen molar-refractivity contribution in [2.75, 3.05) is 19.3 Å². The van der Waals surface area contributed by atoms with Crippen LogP contribution in [0.4, 0.5) is 0 Å². The third kappa shape index (κ3) is 2.10. The molecule has 5 heteroatoms. The van der Waals surface area contributed by atoms with Crippen LogP contribution in [-0.4, -0.2) is 33.8 Å². The van der Waals surface area contributed by atoms with Crippen molar-refractivity contribution in [1.82, 2.24) is 10.0 Å². The topological polar surface area (TPSA) is 58.2 Å². The highest BCUT2D eigenvalue weighted by Gasteiger charge is 2.60. The fourth-order valence-electron chi connectivity index (χ4n) is 3.98. The average Bonchev–Trinajstić information content (AvgIpc) is 2.62. The number of fused-ring (bicyclic) bond motifs is 2. The Morgan fingerprint density at radius 2 is 1.94 bits per heavy atom. The molecule has 0 amide bonds. The van der Waals surface area contributed by atoms with Gasteiger partial charge in [0.2, 0.25) is 10.0 Å². The quantitative estimate of drug-likeness (QED) is 0.795. The summed E-state index contributed by atoms with van der Waals surface area (Å²) in [5.41, 5.74) is 0.702. The van der Waals surface area contributed by atoms with E-state index in [9.17, 15) is 8.42 Å². The number of sulfonamides is 1. The molecule has 0 heterocycles. The zero-order valence-electron chi connectivity index (χ0n) is 11.9. The molecule has 0 aromatic rings. The Balaban J connectivity index is 1.94. The van der Waals surface area contributed by atoms with Gasteiger partial charge in [0.25, 0.3) is 0 Å². The molecule has 2 saturated carbocycles. The minimum atomic E-state index is -3.09. The summed E-state index contributed by atoms with van der Waals surface area (Å²) in [6.07, 6.45) is 3.79. The van der Waals surface area contributed by atoms with Gasteiger partial charge >= 0.3 is 0 Å². The van der Waals surface area contributed by atoms with Crippen molar-refractivity contribution in [2.45, 2.75) is 46.1 Å². The minimum Gasteiger partial charge on any atom is -0.312 e. The molecular formula is C13H26N2O2S. The van der Waals surface area contributed by atoms with Crippen LogP contribution in [0, 0.1) is 16.7 Å². The van der Waals surface area contributed by atoms with Crippen LogP contribution in [0.25, 0.3) is 0 Å². The molecule has 0 saturated heterocycles. The predicted molar refractivity (Wildman–Crippen MR) is 73.9 cm³/mol. The first-order valence-corrected chi connectivity index (χ1v) is 8.53. The SMILES string of the molecule is CNS(=O)(=O)CCNC1CC2CCC1(C)C2(C)C. The Morgan fingerprint density at radius 3 is 2.39 bits per heavy atom. The highest BCUT2D eigenvalue weighted by Crippen LogP contribution is 2.65. The lowest BCUT2D eigenvalue weighted by Gasteiger charge is -2.39. The molecule has 4 nitrogen and oxygen atoms in total. The van der Waals surface area contributed by atoms with Crippen LogP contribution in [0.15, 0.2) is 0 Å². The maximum absolute atomic E-state index is 11.4. The van der Waals surface area contributed by atoms with E-state index in [1.807, 2.05) is 0 Å². The lowest BCUT2D eigenvalue weighted by atomic mass is 9.69. The molecule has 2 aliphatic rings. The Bertz CT molecular complexity index is 419. The summed E-state index contributed by atoms with van der Waals surface area (Å²) >= 11 is 0. The summed E-state index contributed by atoms with van der Waals surface area (Å²) < 4.78 is 25.1. The molecule has 0 aromatic heterocycles. The van der Waals surface area contributed by atoms with Crippen LogP contribution in [0.3, 0.4) is 0 Å². The largest absolute Gasteiger partial charge is 0.312 e. The molecule has 18 heavy (non-hydrogen) atoms. The average molecular weight is 274 g/mol. The number of hydrogen-bond donors (Lipinski definition) is 2. The molecule has 2 N–H and O–H groups in total. The van der Waals surface area contributed by atoms with Gasteiger partial charge in [-0.05, 0) is 43.1 Å². The van der Waals surface area contributed by atoms with Gasteiger partial charge < -0.3 is 5.32 Å². The van der Waals surface area contributed by atoms with Gasteiger partial charge in [-0.2, -0.15) is 0 Å². The third-order valence-electron chi connectivity index (χ3n) is 5.87. The van der Waals surface area contributed by atoms with Crippen molar-refractivity contribution >= 4 is 10.0 Å². The highest BCUT2D eigenvalue weighted by molar-refractivity contribution is 7.89. The van der Waals surface area contributed by atoms with Gasteiger partial charge in [-0.1, -0.05) is 20.8 Å².